The van der Waals surface area contributed by atoms with Crippen molar-refractivity contribution in [1.29, 1.82) is 0 Å². The summed E-state index contributed by atoms with van der Waals surface area (Å²) in [6, 6.07) is 6.24. The molecule has 0 saturated heterocycles. The van der Waals surface area contributed by atoms with Crippen LogP contribution in [-0.2, 0) is 14.8 Å². The van der Waals surface area contributed by atoms with Gasteiger partial charge in [0.2, 0.25) is 0 Å². The number of anilines is 1. The Bertz CT molecular complexity index is 629. The molecular formula is C12H16N4O3S. The maximum Gasteiger partial charge on any atom is 0.342 e. The molecule has 0 bridgehead atoms. The number of nitrogens with zero attached hydrogens (tertiary/aromatic N) is 4. The molecule has 20 heavy (non-hydrogen) atoms. The van der Waals surface area contributed by atoms with Crippen molar-refractivity contribution in [3.63, 3.8) is 0 Å². The second-order valence-electron chi connectivity index (χ2n) is 3.97. The molecular weight excluding hydrogens is 280 g/mol. The topological polar surface area (TPSA) is 95.4 Å². The van der Waals surface area contributed by atoms with E-state index < -0.39 is 10.0 Å². The molecule has 0 aliphatic rings. The van der Waals surface area contributed by atoms with Crippen molar-refractivity contribution in [2.45, 2.75) is 11.8 Å². The molecule has 0 aliphatic heterocycles. The lowest BCUT2D eigenvalue weighted by Gasteiger charge is -2.12. The Morgan fingerprint density at radius 1 is 1.40 bits per heavy atom. The molecule has 1 rings (SSSR count). The average molecular weight is 296 g/mol. The molecule has 0 aromatic heterocycles. The largest absolute Gasteiger partial charge is 0.472 e. The van der Waals surface area contributed by atoms with Crippen LogP contribution in [0.25, 0.3) is 5.53 Å². The highest BCUT2D eigenvalue weighted by atomic mass is 32.2. The zero-order chi connectivity index (χ0) is 15.2. The molecule has 0 saturated carbocycles. The Morgan fingerprint density at radius 3 is 2.45 bits per heavy atom. The van der Waals surface area contributed by atoms with Gasteiger partial charge in [0.15, 0.2) is 0 Å². The number of hydrogen-bond donors (Lipinski definition) is 0. The van der Waals surface area contributed by atoms with Gasteiger partial charge in [-0.25, -0.2) is 0 Å². The van der Waals surface area contributed by atoms with E-state index in [1.165, 1.54) is 12.1 Å². The van der Waals surface area contributed by atoms with Gasteiger partial charge in [0, 0.05) is 19.8 Å². The summed E-state index contributed by atoms with van der Waals surface area (Å²) < 4.78 is 32.5. The Morgan fingerprint density at radius 2 is 2.00 bits per heavy atom. The van der Waals surface area contributed by atoms with Crippen molar-refractivity contribution in [3.8, 4) is 0 Å². The zero-order valence-electron chi connectivity index (χ0n) is 11.5. The molecule has 0 radical (unpaired) electrons. The molecule has 0 unspecified atom stereocenters. The van der Waals surface area contributed by atoms with Crippen LogP contribution in [0.4, 0.5) is 5.69 Å². The maximum absolute atomic E-state index is 12.0. The van der Waals surface area contributed by atoms with Crippen molar-refractivity contribution in [2.24, 2.45) is 4.40 Å². The van der Waals surface area contributed by atoms with Crippen LogP contribution in [0.1, 0.15) is 6.92 Å². The first-order chi connectivity index (χ1) is 9.40. The summed E-state index contributed by atoms with van der Waals surface area (Å²) in [5.41, 5.74) is 9.31. The number of rotatable bonds is 5. The summed E-state index contributed by atoms with van der Waals surface area (Å²) in [4.78, 5) is 4.60. The zero-order valence-corrected chi connectivity index (χ0v) is 12.3. The fraction of sp³-hybridized carbons (Fsp3) is 0.333. The summed E-state index contributed by atoms with van der Waals surface area (Å²) in [5.74, 6) is -0.272. The number of ether oxygens (including phenoxy) is 1. The molecule has 0 aliphatic carbocycles. The molecule has 0 fully saturated rings. The highest BCUT2D eigenvalue weighted by molar-refractivity contribution is 7.90. The highest BCUT2D eigenvalue weighted by Crippen LogP contribution is 2.17. The van der Waals surface area contributed by atoms with Gasteiger partial charge in [-0.15, -0.1) is 4.40 Å². The predicted molar refractivity (Wildman–Crippen MR) is 76.7 cm³/mol. The van der Waals surface area contributed by atoms with Gasteiger partial charge in [-0.3, -0.25) is 0 Å². The van der Waals surface area contributed by atoms with Gasteiger partial charge in [0.1, 0.15) is 0 Å². The summed E-state index contributed by atoms with van der Waals surface area (Å²) >= 11 is 0. The quantitative estimate of drug-likeness (QED) is 0.353. The Kier molecular flexibility index (Phi) is 5.42. The fourth-order valence-electron chi connectivity index (χ4n) is 1.37. The van der Waals surface area contributed by atoms with Crippen LogP contribution in [0, 0.1) is 0 Å². The highest BCUT2D eigenvalue weighted by Gasteiger charge is 2.16. The standard InChI is InChI=1S/C12H16N4O3S/c1-4-19-12(9-14-13)15-20(17,18)11-7-5-10(6-8-11)16(2)3/h5-9H,4H2,1-3H3/b15-12-. The van der Waals surface area contributed by atoms with Crippen molar-refractivity contribution in [3.05, 3.63) is 29.8 Å². The number of hydrogen-bond acceptors (Lipinski definition) is 4. The van der Waals surface area contributed by atoms with Crippen LogP contribution < -0.4 is 4.90 Å². The van der Waals surface area contributed by atoms with Crippen LogP contribution in [0.3, 0.4) is 0 Å². The third-order valence-corrected chi connectivity index (χ3v) is 3.61. The van der Waals surface area contributed by atoms with E-state index in [0.717, 1.165) is 11.9 Å². The minimum Gasteiger partial charge on any atom is -0.472 e. The van der Waals surface area contributed by atoms with Crippen LogP contribution in [-0.4, -0.2) is 46.0 Å². The summed E-state index contributed by atoms with van der Waals surface area (Å²) in [5, 5.41) is 0. The molecule has 0 atom stereocenters. The third kappa shape index (κ3) is 4.18. The predicted octanol–water partition coefficient (Wildman–Crippen LogP) is 1.18. The van der Waals surface area contributed by atoms with Crippen LogP contribution in [0.2, 0.25) is 0 Å². The normalized spacial score (nSPS) is 11.7. The molecule has 1 aromatic rings. The molecule has 1 aromatic carbocycles. The smallest absolute Gasteiger partial charge is 0.342 e. The van der Waals surface area contributed by atoms with Gasteiger partial charge in [0.25, 0.3) is 10.0 Å². The molecule has 7 nitrogen and oxygen atoms in total. The minimum absolute atomic E-state index is 0.0339. The molecule has 108 valence electrons. The van der Waals surface area contributed by atoms with Crippen molar-refractivity contribution in [2.75, 3.05) is 25.6 Å². The summed E-state index contributed by atoms with van der Waals surface area (Å²) in [6.45, 7) is 1.87. The van der Waals surface area contributed by atoms with E-state index in [-0.39, 0.29) is 17.4 Å². The number of benzene rings is 1. The molecule has 0 spiro atoms. The van der Waals surface area contributed by atoms with Crippen molar-refractivity contribution in [1.82, 2.24) is 0 Å². The van der Waals surface area contributed by atoms with E-state index >= 15 is 0 Å². The summed E-state index contributed by atoms with van der Waals surface area (Å²) in [7, 11) is -0.197. The van der Waals surface area contributed by atoms with Crippen LogP contribution >= 0.6 is 0 Å². The van der Waals surface area contributed by atoms with Gasteiger partial charge in [-0.1, -0.05) is 0 Å². The van der Waals surface area contributed by atoms with Gasteiger partial charge < -0.3 is 15.2 Å². The molecule has 0 amide bonds. The van der Waals surface area contributed by atoms with Crippen molar-refractivity contribution < 1.29 is 17.9 Å². The van der Waals surface area contributed by atoms with Crippen molar-refractivity contribution >= 4 is 27.8 Å². The average Bonchev–Trinajstić information content (AvgIpc) is 2.39. The molecule has 8 heteroatoms. The van der Waals surface area contributed by atoms with Crippen LogP contribution in [0.5, 0.6) is 0 Å². The monoisotopic (exact) mass is 296 g/mol. The third-order valence-electron chi connectivity index (χ3n) is 2.32. The van der Waals surface area contributed by atoms with Gasteiger partial charge in [-0.05, 0) is 31.2 Å². The SMILES string of the molecule is CCO/C(C=[N+]=[N-])=N\S(=O)(=O)c1ccc(N(C)C)cc1. The van der Waals surface area contributed by atoms with E-state index in [1.807, 2.05) is 19.0 Å². The van der Waals surface area contributed by atoms with Gasteiger partial charge in [0.05, 0.1) is 11.5 Å². The molecule has 0 N–H and O–H groups in total. The first-order valence-corrected chi connectivity index (χ1v) is 7.27. The van der Waals surface area contributed by atoms with E-state index in [9.17, 15) is 8.42 Å². The van der Waals surface area contributed by atoms with Gasteiger partial charge >= 0.3 is 12.1 Å². The second-order valence-corrected chi connectivity index (χ2v) is 5.57. The number of sulfonamides is 1. The molecule has 0 heterocycles. The Balaban J connectivity index is 3.15. The van der Waals surface area contributed by atoms with Gasteiger partial charge in [-0.2, -0.15) is 13.2 Å². The summed E-state index contributed by atoms with van der Waals surface area (Å²) in [6.07, 6.45) is 0.829. The van der Waals surface area contributed by atoms with E-state index in [4.69, 9.17) is 10.3 Å². The van der Waals surface area contributed by atoms with E-state index in [2.05, 4.69) is 9.19 Å². The lowest BCUT2D eigenvalue weighted by molar-refractivity contribution is 0.00487. The first-order valence-electron chi connectivity index (χ1n) is 5.83. The lowest BCUT2D eigenvalue weighted by atomic mass is 10.3. The second kappa shape index (κ2) is 6.83. The minimum atomic E-state index is -3.90. The van der Waals surface area contributed by atoms with Crippen LogP contribution in [0.15, 0.2) is 33.6 Å². The first kappa shape index (κ1) is 15.9. The fourth-order valence-corrected chi connectivity index (χ4v) is 2.29. The van der Waals surface area contributed by atoms with E-state index in [0.29, 0.717) is 0 Å². The Hall–Kier alpha value is -2.18. The lowest BCUT2D eigenvalue weighted by Crippen LogP contribution is -2.11. The Labute approximate surface area is 118 Å². The van der Waals surface area contributed by atoms with E-state index in [1.54, 1.807) is 19.1 Å². The maximum atomic E-state index is 12.0.